The third-order valence-electron chi connectivity index (χ3n) is 10.8. The van der Waals surface area contributed by atoms with Gasteiger partial charge in [-0.1, -0.05) is 30.3 Å². The molecule has 0 radical (unpaired) electrons. The first kappa shape index (κ1) is 36.4. The Labute approximate surface area is 308 Å². The van der Waals surface area contributed by atoms with Gasteiger partial charge in [-0.2, -0.15) is 5.06 Å². The smallest absolute Gasteiger partial charge is 0.408 e. The summed E-state index contributed by atoms with van der Waals surface area (Å²) in [4.78, 5) is 40.7. The topological polar surface area (TPSA) is 151 Å². The van der Waals surface area contributed by atoms with Gasteiger partial charge in [0, 0.05) is 42.2 Å². The van der Waals surface area contributed by atoms with E-state index in [1.165, 1.54) is 19.3 Å². The van der Waals surface area contributed by atoms with Gasteiger partial charge in [-0.25, -0.2) is 9.59 Å². The average Bonchev–Trinajstić information content (AvgIpc) is 3.74. The standard InChI is InChI=1S/C40H46N2O11/c1-39(2)18-26(19-40(3,4)42(39)46)52-38(45)41-28(12-22-10-8-7-9-11-22)36(43)53-35-31(47-5)15-24(16-32(35)48-6)33-27-17-30-29(50-21-51-30)14-23(27)13-25-20-49-37(44)34(25)33/h7-11,14-17,25-26,28,33-34,46H,12-13,18-21H2,1-6H3,(H,41,45)/t25-,28-,33+,34-/m0/s1. The monoisotopic (exact) mass is 730 g/mol. The molecule has 1 aliphatic carbocycles. The molecular formula is C40H46N2O11. The fraction of sp³-hybridized carbons (Fsp3) is 0.475. The molecule has 0 aromatic heterocycles. The van der Waals surface area contributed by atoms with Crippen LogP contribution >= 0.6 is 0 Å². The first-order valence-corrected chi connectivity index (χ1v) is 17.8. The number of nitrogens with one attached hydrogen (secondary N) is 1. The van der Waals surface area contributed by atoms with Gasteiger partial charge >= 0.3 is 18.0 Å². The van der Waals surface area contributed by atoms with Crippen molar-refractivity contribution in [3.05, 3.63) is 76.9 Å². The highest BCUT2D eigenvalue weighted by Gasteiger charge is 2.49. The number of cyclic esters (lactones) is 1. The van der Waals surface area contributed by atoms with Crippen molar-refractivity contribution in [1.29, 1.82) is 0 Å². The second kappa shape index (κ2) is 14.1. The lowest BCUT2D eigenvalue weighted by Gasteiger charge is -2.50. The zero-order valence-corrected chi connectivity index (χ0v) is 30.8. The fourth-order valence-electron chi connectivity index (χ4n) is 8.49. The zero-order chi connectivity index (χ0) is 37.7. The molecule has 3 aromatic carbocycles. The quantitative estimate of drug-likeness (QED) is 0.210. The van der Waals surface area contributed by atoms with Gasteiger partial charge in [-0.3, -0.25) is 4.79 Å². The van der Waals surface area contributed by atoms with Crippen molar-refractivity contribution < 1.29 is 52.7 Å². The molecular weight excluding hydrogens is 684 g/mol. The second-order valence-corrected chi connectivity index (χ2v) is 15.4. The Hall–Kier alpha value is -5.01. The van der Waals surface area contributed by atoms with Crippen molar-refractivity contribution in [2.24, 2.45) is 11.8 Å². The molecule has 2 fully saturated rings. The van der Waals surface area contributed by atoms with E-state index >= 15 is 0 Å². The largest absolute Gasteiger partial charge is 0.493 e. The number of benzene rings is 3. The summed E-state index contributed by atoms with van der Waals surface area (Å²) >= 11 is 0. The SMILES string of the molecule is COc1cc([C@@H]2c3cc4c(cc3C[C@H]3COC(=O)[C@@H]32)OCO4)cc(OC)c1OC(=O)[C@H](Cc1ccccc1)NC(=O)OC1CC(C)(C)N(O)C(C)(C)C1. The van der Waals surface area contributed by atoms with Crippen LogP contribution < -0.4 is 29.0 Å². The van der Waals surface area contributed by atoms with Gasteiger partial charge < -0.3 is 43.7 Å². The van der Waals surface area contributed by atoms with E-state index in [9.17, 15) is 19.6 Å². The lowest BCUT2D eigenvalue weighted by molar-refractivity contribution is -0.256. The van der Waals surface area contributed by atoms with E-state index < -0.39 is 47.1 Å². The van der Waals surface area contributed by atoms with E-state index in [0.717, 1.165) is 16.7 Å². The number of nitrogens with zero attached hydrogens (tertiary/aromatic N) is 1. The molecule has 2 saturated heterocycles. The molecule has 0 unspecified atom stereocenters. The van der Waals surface area contributed by atoms with Crippen LogP contribution in [0, 0.1) is 11.8 Å². The van der Waals surface area contributed by atoms with E-state index in [1.54, 1.807) is 12.1 Å². The van der Waals surface area contributed by atoms with Crippen molar-refractivity contribution in [2.75, 3.05) is 27.6 Å². The van der Waals surface area contributed by atoms with Crippen LogP contribution in [0.15, 0.2) is 54.6 Å². The number of carbonyl (C=O) groups excluding carboxylic acids is 3. The summed E-state index contributed by atoms with van der Waals surface area (Å²) in [6.07, 6.45) is 0.258. The number of methoxy groups -OCH3 is 2. The highest BCUT2D eigenvalue weighted by Crippen LogP contribution is 2.52. The molecule has 53 heavy (non-hydrogen) atoms. The molecule has 4 aliphatic rings. The van der Waals surface area contributed by atoms with Crippen LogP contribution in [0.4, 0.5) is 4.79 Å². The molecule has 7 rings (SSSR count). The summed E-state index contributed by atoms with van der Waals surface area (Å²) < 4.78 is 40.4. The number of amides is 1. The van der Waals surface area contributed by atoms with Gasteiger partial charge in [0.15, 0.2) is 23.0 Å². The maximum Gasteiger partial charge on any atom is 0.408 e. The predicted molar refractivity (Wildman–Crippen MR) is 190 cm³/mol. The molecule has 4 atom stereocenters. The fourth-order valence-corrected chi connectivity index (χ4v) is 8.49. The highest BCUT2D eigenvalue weighted by atomic mass is 16.7. The normalized spacial score (nSPS) is 23.2. The summed E-state index contributed by atoms with van der Waals surface area (Å²) in [7, 11) is 2.90. The molecule has 3 aromatic rings. The lowest BCUT2D eigenvalue weighted by Crippen LogP contribution is -2.61. The van der Waals surface area contributed by atoms with E-state index in [-0.39, 0.29) is 42.3 Å². The molecule has 1 amide bonds. The number of ether oxygens (including phenoxy) is 7. The summed E-state index contributed by atoms with van der Waals surface area (Å²) in [5, 5.41) is 14.7. The van der Waals surface area contributed by atoms with Gasteiger partial charge in [0.25, 0.3) is 0 Å². The number of piperidine rings is 1. The van der Waals surface area contributed by atoms with Crippen molar-refractivity contribution in [1.82, 2.24) is 10.4 Å². The molecule has 0 spiro atoms. The third kappa shape index (κ3) is 7.07. The van der Waals surface area contributed by atoms with E-state index in [0.29, 0.717) is 42.9 Å². The number of hydrogen-bond donors (Lipinski definition) is 2. The van der Waals surface area contributed by atoms with Crippen LogP contribution in [0.1, 0.15) is 68.7 Å². The molecule has 0 bridgehead atoms. The number of esters is 2. The molecule has 282 valence electrons. The Balaban J connectivity index is 1.17. The summed E-state index contributed by atoms with van der Waals surface area (Å²) in [5.41, 5.74) is 2.14. The van der Waals surface area contributed by atoms with Gasteiger partial charge in [0.2, 0.25) is 12.5 Å². The first-order valence-electron chi connectivity index (χ1n) is 17.8. The molecule has 0 saturated carbocycles. The molecule has 13 nitrogen and oxygen atoms in total. The number of carbonyl (C=O) groups is 3. The zero-order valence-electron chi connectivity index (χ0n) is 30.8. The summed E-state index contributed by atoms with van der Waals surface area (Å²) in [6, 6.07) is 15.5. The number of fused-ring (bicyclic) bond motifs is 3. The molecule has 13 heteroatoms. The Bertz CT molecular complexity index is 1850. The van der Waals surface area contributed by atoms with Gasteiger partial charge in [-0.05, 0) is 80.6 Å². The van der Waals surface area contributed by atoms with Crippen molar-refractivity contribution in [3.8, 4) is 28.7 Å². The van der Waals surface area contributed by atoms with Gasteiger partial charge in [0.05, 0.1) is 26.7 Å². The molecule has 3 heterocycles. The van der Waals surface area contributed by atoms with Crippen LogP contribution in [0.25, 0.3) is 0 Å². The van der Waals surface area contributed by atoms with E-state index in [1.807, 2.05) is 70.2 Å². The first-order chi connectivity index (χ1) is 25.3. The van der Waals surface area contributed by atoms with E-state index in [4.69, 9.17) is 33.2 Å². The highest BCUT2D eigenvalue weighted by molar-refractivity contribution is 5.84. The second-order valence-electron chi connectivity index (χ2n) is 15.4. The predicted octanol–water partition coefficient (Wildman–Crippen LogP) is 5.56. The van der Waals surface area contributed by atoms with E-state index in [2.05, 4.69) is 5.32 Å². The summed E-state index contributed by atoms with van der Waals surface area (Å²) in [5.74, 6) is -0.319. The van der Waals surface area contributed by atoms with Crippen LogP contribution in [0.2, 0.25) is 0 Å². The van der Waals surface area contributed by atoms with Gasteiger partial charge in [-0.15, -0.1) is 0 Å². The Morgan fingerprint density at radius 1 is 0.943 bits per heavy atom. The Kier molecular flexibility index (Phi) is 9.66. The van der Waals surface area contributed by atoms with Crippen LogP contribution in [-0.2, 0) is 31.9 Å². The number of alkyl carbamates (subject to hydrolysis) is 1. The van der Waals surface area contributed by atoms with Crippen LogP contribution in [0.3, 0.4) is 0 Å². The Morgan fingerprint density at radius 2 is 1.58 bits per heavy atom. The summed E-state index contributed by atoms with van der Waals surface area (Å²) in [6.45, 7) is 7.95. The number of hydrogen-bond acceptors (Lipinski definition) is 12. The molecule has 2 N–H and O–H groups in total. The third-order valence-corrected chi connectivity index (χ3v) is 10.8. The lowest BCUT2D eigenvalue weighted by atomic mass is 9.67. The number of rotatable bonds is 9. The maximum absolute atomic E-state index is 14.1. The minimum Gasteiger partial charge on any atom is -0.493 e. The van der Waals surface area contributed by atoms with Crippen molar-refractivity contribution in [3.63, 3.8) is 0 Å². The van der Waals surface area contributed by atoms with Gasteiger partial charge in [0.1, 0.15) is 12.1 Å². The van der Waals surface area contributed by atoms with Crippen LogP contribution in [0.5, 0.6) is 28.7 Å². The average molecular weight is 731 g/mol. The molecule has 3 aliphatic heterocycles. The van der Waals surface area contributed by atoms with Crippen molar-refractivity contribution >= 4 is 18.0 Å². The minimum absolute atomic E-state index is 0.0167. The van der Waals surface area contributed by atoms with Crippen LogP contribution in [-0.4, -0.2) is 79.1 Å². The number of hydroxylamine groups is 2. The maximum atomic E-state index is 14.1. The minimum atomic E-state index is -1.15. The Morgan fingerprint density at radius 3 is 2.23 bits per heavy atom. The van der Waals surface area contributed by atoms with Crippen molar-refractivity contribution in [2.45, 2.75) is 82.5 Å².